The lowest BCUT2D eigenvalue weighted by molar-refractivity contribution is -0.385. The largest absolute Gasteiger partial charge is 0.501 e. The molecule has 2 aromatic rings. The molecule has 0 amide bonds. The predicted molar refractivity (Wildman–Crippen MR) is 78.0 cm³/mol. The van der Waals surface area contributed by atoms with Gasteiger partial charge >= 0.3 is 11.9 Å². The van der Waals surface area contributed by atoms with E-state index in [1.54, 1.807) is 0 Å². The van der Waals surface area contributed by atoms with E-state index in [-0.39, 0.29) is 16.3 Å². The van der Waals surface area contributed by atoms with E-state index in [1.165, 1.54) is 0 Å². The molecule has 0 radical (unpaired) electrons. The zero-order valence-electron chi connectivity index (χ0n) is 10.7. The van der Waals surface area contributed by atoms with E-state index in [2.05, 4.69) is 4.98 Å². The van der Waals surface area contributed by atoms with E-state index >= 15 is 0 Å². The van der Waals surface area contributed by atoms with E-state index in [0.717, 1.165) is 6.07 Å². The molecule has 0 atom stereocenters. The summed E-state index contributed by atoms with van der Waals surface area (Å²) >= 11 is 17.5. The van der Waals surface area contributed by atoms with Crippen LogP contribution >= 0.6 is 34.8 Å². The maximum Gasteiger partial charge on any atom is 0.417 e. The summed E-state index contributed by atoms with van der Waals surface area (Å²) in [7, 11) is 0. The average molecular weight is 388 g/mol. The van der Waals surface area contributed by atoms with Gasteiger partial charge in [0.2, 0.25) is 5.75 Å². The number of benzene rings is 1. The highest BCUT2D eigenvalue weighted by Gasteiger charge is 2.32. The van der Waals surface area contributed by atoms with Gasteiger partial charge in [-0.25, -0.2) is 0 Å². The number of aromatic nitrogens is 1. The van der Waals surface area contributed by atoms with Crippen molar-refractivity contribution in [2.24, 2.45) is 0 Å². The molecule has 0 aliphatic rings. The van der Waals surface area contributed by atoms with Crippen molar-refractivity contribution >= 4 is 40.5 Å². The molecule has 0 saturated carbocycles. The first-order valence-corrected chi connectivity index (χ1v) is 6.76. The standard InChI is InChI=1S/C12H4Cl3F3N2O3/c13-5-2-7(20(22)23)11(21)9(15)8(5)10-6(14)1-4(3-19-10)12(16,17)18/h1-3,21H. The Morgan fingerprint density at radius 3 is 2.26 bits per heavy atom. The van der Waals surface area contributed by atoms with Crippen molar-refractivity contribution in [1.29, 1.82) is 0 Å². The highest BCUT2D eigenvalue weighted by atomic mass is 35.5. The Balaban J connectivity index is 2.69. The highest BCUT2D eigenvalue weighted by Crippen LogP contribution is 2.46. The second-order valence-corrected chi connectivity index (χ2v) is 5.42. The van der Waals surface area contributed by atoms with Crippen LogP contribution in [0.25, 0.3) is 11.3 Å². The lowest BCUT2D eigenvalue weighted by atomic mass is 10.1. The zero-order chi connectivity index (χ0) is 17.5. The summed E-state index contributed by atoms with van der Waals surface area (Å²) in [6.07, 6.45) is -4.15. The van der Waals surface area contributed by atoms with Crippen molar-refractivity contribution in [3.63, 3.8) is 0 Å². The smallest absolute Gasteiger partial charge is 0.417 e. The Morgan fingerprint density at radius 1 is 1.17 bits per heavy atom. The van der Waals surface area contributed by atoms with Gasteiger partial charge < -0.3 is 5.11 Å². The summed E-state index contributed by atoms with van der Waals surface area (Å²) < 4.78 is 37.8. The summed E-state index contributed by atoms with van der Waals surface area (Å²) in [6.45, 7) is 0. The van der Waals surface area contributed by atoms with Crippen molar-refractivity contribution < 1.29 is 23.2 Å². The highest BCUT2D eigenvalue weighted by molar-refractivity contribution is 6.42. The topological polar surface area (TPSA) is 76.3 Å². The Bertz CT molecular complexity index is 812. The number of nitrogens with zero attached hydrogens (tertiary/aromatic N) is 2. The second-order valence-electron chi connectivity index (χ2n) is 4.22. The van der Waals surface area contributed by atoms with Crippen LogP contribution in [0, 0.1) is 10.1 Å². The zero-order valence-corrected chi connectivity index (χ0v) is 12.9. The van der Waals surface area contributed by atoms with E-state index in [4.69, 9.17) is 34.8 Å². The maximum atomic E-state index is 12.6. The van der Waals surface area contributed by atoms with Crippen LogP contribution in [0.15, 0.2) is 18.3 Å². The molecule has 0 aliphatic carbocycles. The minimum Gasteiger partial charge on any atom is -0.501 e. The van der Waals surface area contributed by atoms with Gasteiger partial charge in [0.05, 0.1) is 26.2 Å². The fourth-order valence-corrected chi connectivity index (χ4v) is 2.61. The van der Waals surface area contributed by atoms with Crippen LogP contribution in [0.2, 0.25) is 15.1 Å². The molecule has 11 heteroatoms. The second kappa shape index (κ2) is 6.03. The summed E-state index contributed by atoms with van der Waals surface area (Å²) in [6, 6.07) is 1.41. The number of rotatable bonds is 2. The van der Waals surface area contributed by atoms with Gasteiger partial charge in [0.15, 0.2) is 0 Å². The number of halogens is 6. The molecule has 0 unspecified atom stereocenters. The monoisotopic (exact) mass is 386 g/mol. The van der Waals surface area contributed by atoms with Gasteiger partial charge in [-0.05, 0) is 6.07 Å². The van der Waals surface area contributed by atoms with Gasteiger partial charge in [0.25, 0.3) is 0 Å². The first-order chi connectivity index (χ1) is 10.5. The number of nitro benzene ring substituents is 1. The van der Waals surface area contributed by atoms with Crippen molar-refractivity contribution in [3.05, 3.63) is 49.1 Å². The van der Waals surface area contributed by atoms with Gasteiger partial charge in [0.1, 0.15) is 5.02 Å². The number of hydrogen-bond donors (Lipinski definition) is 1. The molecule has 23 heavy (non-hydrogen) atoms. The number of phenols is 1. The quantitative estimate of drug-likeness (QED) is 0.557. The van der Waals surface area contributed by atoms with E-state index < -0.39 is 38.1 Å². The van der Waals surface area contributed by atoms with Gasteiger partial charge in [0, 0.05) is 17.8 Å². The van der Waals surface area contributed by atoms with Crippen LogP contribution in [0.5, 0.6) is 5.75 Å². The minimum absolute atomic E-state index is 0.213. The number of aromatic hydroxyl groups is 1. The van der Waals surface area contributed by atoms with E-state index in [9.17, 15) is 28.4 Å². The molecule has 0 saturated heterocycles. The molecular weight excluding hydrogens is 383 g/mol. The molecule has 5 nitrogen and oxygen atoms in total. The van der Waals surface area contributed by atoms with Gasteiger partial charge in [-0.3, -0.25) is 15.1 Å². The average Bonchev–Trinajstić information content (AvgIpc) is 2.43. The summed E-state index contributed by atoms with van der Waals surface area (Å²) in [5.41, 5.74) is -2.31. The normalized spacial score (nSPS) is 11.6. The number of nitro groups is 1. The fraction of sp³-hybridized carbons (Fsp3) is 0.0833. The number of hydrogen-bond acceptors (Lipinski definition) is 4. The Hall–Kier alpha value is -1.77. The lowest BCUT2D eigenvalue weighted by Gasteiger charge is -2.12. The minimum atomic E-state index is -4.65. The molecule has 1 N–H and O–H groups in total. The van der Waals surface area contributed by atoms with E-state index in [1.807, 2.05) is 0 Å². The third kappa shape index (κ3) is 3.29. The number of pyridine rings is 1. The van der Waals surface area contributed by atoms with Crippen LogP contribution in [0.3, 0.4) is 0 Å². The molecule has 2 rings (SSSR count). The first-order valence-electron chi connectivity index (χ1n) is 5.62. The van der Waals surface area contributed by atoms with Crippen LogP contribution in [0.4, 0.5) is 18.9 Å². The third-order valence-electron chi connectivity index (χ3n) is 2.77. The van der Waals surface area contributed by atoms with Crippen molar-refractivity contribution in [2.75, 3.05) is 0 Å². The van der Waals surface area contributed by atoms with Gasteiger partial charge in [-0.1, -0.05) is 34.8 Å². The van der Waals surface area contributed by atoms with Crippen molar-refractivity contribution in [1.82, 2.24) is 4.98 Å². The van der Waals surface area contributed by atoms with Crippen molar-refractivity contribution in [3.8, 4) is 17.0 Å². The Kier molecular flexibility index (Phi) is 4.61. The molecule has 0 fully saturated rings. The van der Waals surface area contributed by atoms with Crippen LogP contribution in [-0.4, -0.2) is 15.0 Å². The van der Waals surface area contributed by atoms with Gasteiger partial charge in [-0.15, -0.1) is 0 Å². The molecule has 122 valence electrons. The maximum absolute atomic E-state index is 12.6. The summed E-state index contributed by atoms with van der Waals surface area (Å²) in [5, 5.41) is 19.2. The molecule has 1 aromatic heterocycles. The molecule has 0 aliphatic heterocycles. The van der Waals surface area contributed by atoms with Crippen molar-refractivity contribution in [2.45, 2.75) is 6.18 Å². The molecule has 1 aromatic carbocycles. The Labute approximate surface area is 141 Å². The fourth-order valence-electron chi connectivity index (χ4n) is 1.73. The SMILES string of the molecule is O=[N+]([O-])c1cc(Cl)c(-c2ncc(C(F)(F)F)cc2Cl)c(Cl)c1O. The summed E-state index contributed by atoms with van der Waals surface area (Å²) in [5.74, 6) is -0.895. The van der Waals surface area contributed by atoms with Crippen LogP contribution in [0.1, 0.15) is 5.56 Å². The summed E-state index contributed by atoms with van der Waals surface area (Å²) in [4.78, 5) is 13.4. The lowest BCUT2D eigenvalue weighted by Crippen LogP contribution is -2.06. The third-order valence-corrected chi connectivity index (χ3v) is 3.73. The number of phenolic OH excluding ortho intramolecular Hbond substituents is 1. The molecule has 0 bridgehead atoms. The number of alkyl halides is 3. The molecule has 0 spiro atoms. The predicted octanol–water partition coefficient (Wildman–Crippen LogP) is 5.34. The van der Waals surface area contributed by atoms with Crippen LogP contribution < -0.4 is 0 Å². The van der Waals surface area contributed by atoms with Gasteiger partial charge in [-0.2, -0.15) is 13.2 Å². The van der Waals surface area contributed by atoms with Crippen LogP contribution in [-0.2, 0) is 6.18 Å². The first kappa shape index (κ1) is 17.6. The molecular formula is C12H4Cl3F3N2O3. The molecule has 1 heterocycles. The van der Waals surface area contributed by atoms with E-state index in [0.29, 0.717) is 12.3 Å². The Morgan fingerprint density at radius 2 is 1.78 bits per heavy atom.